The van der Waals surface area contributed by atoms with E-state index in [1.54, 1.807) is 18.2 Å². The van der Waals surface area contributed by atoms with Crippen molar-refractivity contribution in [3.63, 3.8) is 0 Å². The normalized spacial score (nSPS) is 14.9. The number of aromatic nitrogens is 3. The zero-order valence-electron chi connectivity index (χ0n) is 18.6. The van der Waals surface area contributed by atoms with Gasteiger partial charge in [0, 0.05) is 17.1 Å². The van der Waals surface area contributed by atoms with Crippen molar-refractivity contribution in [3.8, 4) is 0 Å². The largest absolute Gasteiger partial charge is 0.349 e. The first-order valence-corrected chi connectivity index (χ1v) is 11.0. The van der Waals surface area contributed by atoms with Gasteiger partial charge in [-0.2, -0.15) is 0 Å². The first kappa shape index (κ1) is 21.9. The van der Waals surface area contributed by atoms with E-state index in [2.05, 4.69) is 15.6 Å². The molecule has 0 radical (unpaired) electrons. The molecule has 4 rings (SSSR count). The number of nitrogens with zero attached hydrogens (tertiary/aromatic N) is 4. The number of rotatable bonds is 8. The molecule has 7 nitrogen and oxygen atoms in total. The maximum Gasteiger partial charge on any atom is 0.247 e. The maximum absolute atomic E-state index is 14.9. The minimum atomic E-state index is -1.06. The summed E-state index contributed by atoms with van der Waals surface area (Å²) in [5, 5.41) is 11.2. The van der Waals surface area contributed by atoms with Gasteiger partial charge in [-0.05, 0) is 51.3 Å². The van der Waals surface area contributed by atoms with Gasteiger partial charge in [0.2, 0.25) is 11.8 Å². The average Bonchev–Trinajstić information content (AvgIpc) is 3.53. The van der Waals surface area contributed by atoms with Crippen LogP contribution in [0.4, 0.5) is 4.39 Å². The molecule has 0 saturated heterocycles. The summed E-state index contributed by atoms with van der Waals surface area (Å²) >= 11 is 0. The Morgan fingerprint density at radius 3 is 2.56 bits per heavy atom. The number of para-hydroxylation sites is 1. The Kier molecular flexibility index (Phi) is 5.95. The Hall–Kier alpha value is -3.29. The lowest BCUT2D eigenvalue weighted by Gasteiger charge is -2.34. The van der Waals surface area contributed by atoms with E-state index >= 15 is 0 Å². The molecule has 1 aromatic heterocycles. The fourth-order valence-corrected chi connectivity index (χ4v) is 3.76. The number of hydrogen-bond donors (Lipinski definition) is 1. The van der Waals surface area contributed by atoms with Crippen molar-refractivity contribution in [2.24, 2.45) is 0 Å². The van der Waals surface area contributed by atoms with Crippen molar-refractivity contribution in [2.75, 3.05) is 0 Å². The van der Waals surface area contributed by atoms with Gasteiger partial charge in [-0.1, -0.05) is 42.5 Å². The van der Waals surface area contributed by atoms with Crippen LogP contribution in [0.3, 0.4) is 0 Å². The quantitative estimate of drug-likeness (QED) is 0.584. The Balaban J connectivity index is 1.70. The molecule has 168 valence electrons. The van der Waals surface area contributed by atoms with Gasteiger partial charge in [0.05, 0.1) is 5.52 Å². The van der Waals surface area contributed by atoms with Crippen LogP contribution in [-0.4, -0.2) is 43.3 Å². The van der Waals surface area contributed by atoms with Crippen LogP contribution >= 0.6 is 0 Å². The molecule has 0 bridgehead atoms. The summed E-state index contributed by atoms with van der Waals surface area (Å²) in [6, 6.07) is 12.4. The molecule has 1 saturated carbocycles. The molecule has 1 aliphatic carbocycles. The van der Waals surface area contributed by atoms with Gasteiger partial charge in [-0.15, -0.1) is 5.10 Å². The number of carbonyl (C=O) groups is 2. The third-order valence-corrected chi connectivity index (χ3v) is 6.01. The van der Waals surface area contributed by atoms with E-state index in [-0.39, 0.29) is 30.0 Å². The van der Waals surface area contributed by atoms with E-state index in [0.717, 1.165) is 18.4 Å². The minimum absolute atomic E-state index is 0.0770. The summed E-state index contributed by atoms with van der Waals surface area (Å²) in [6.45, 7) is 5.72. The number of nitrogens with one attached hydrogen (secondary N) is 1. The predicted octanol–water partition coefficient (Wildman–Crippen LogP) is 3.61. The summed E-state index contributed by atoms with van der Waals surface area (Å²) in [5.41, 5.74) is 1.13. The lowest BCUT2D eigenvalue weighted by atomic mass is 9.98. The molecule has 1 fully saturated rings. The summed E-state index contributed by atoms with van der Waals surface area (Å²) in [4.78, 5) is 28.5. The second kappa shape index (κ2) is 8.68. The number of fused-ring (bicyclic) bond motifs is 1. The summed E-state index contributed by atoms with van der Waals surface area (Å²) < 4.78 is 16.4. The van der Waals surface area contributed by atoms with Crippen molar-refractivity contribution in [1.82, 2.24) is 25.2 Å². The molecule has 8 heteroatoms. The van der Waals surface area contributed by atoms with Crippen molar-refractivity contribution in [3.05, 3.63) is 59.9 Å². The van der Waals surface area contributed by atoms with Crippen molar-refractivity contribution >= 4 is 22.8 Å². The Morgan fingerprint density at radius 1 is 1.19 bits per heavy atom. The van der Waals surface area contributed by atoms with Gasteiger partial charge in [-0.3, -0.25) is 9.59 Å². The van der Waals surface area contributed by atoms with E-state index < -0.39 is 17.4 Å². The highest BCUT2D eigenvalue weighted by Crippen LogP contribution is 2.36. The molecule has 1 aliphatic rings. The van der Waals surface area contributed by atoms with E-state index in [1.165, 1.54) is 15.6 Å². The number of amides is 2. The second-order valence-corrected chi connectivity index (χ2v) is 8.92. The zero-order chi connectivity index (χ0) is 22.9. The predicted molar refractivity (Wildman–Crippen MR) is 119 cm³/mol. The van der Waals surface area contributed by atoms with Gasteiger partial charge in [0.1, 0.15) is 23.9 Å². The molecule has 2 amide bonds. The molecular weight excluding hydrogens is 409 g/mol. The molecule has 0 aliphatic heterocycles. The van der Waals surface area contributed by atoms with E-state index in [1.807, 2.05) is 45.0 Å². The molecule has 0 spiro atoms. The fraction of sp³-hybridized carbons (Fsp3) is 0.417. The lowest BCUT2D eigenvalue weighted by molar-refractivity contribution is -0.143. The molecule has 32 heavy (non-hydrogen) atoms. The molecule has 2 aromatic carbocycles. The van der Waals surface area contributed by atoms with Crippen LogP contribution in [0.1, 0.15) is 51.6 Å². The van der Waals surface area contributed by atoms with Gasteiger partial charge in [0.25, 0.3) is 0 Å². The van der Waals surface area contributed by atoms with Gasteiger partial charge in [0.15, 0.2) is 0 Å². The van der Waals surface area contributed by atoms with E-state index in [4.69, 9.17) is 0 Å². The first-order valence-electron chi connectivity index (χ1n) is 11.0. The Bertz CT molecular complexity index is 1140. The number of benzene rings is 2. The molecule has 1 atom stereocenters. The van der Waals surface area contributed by atoms with Crippen molar-refractivity contribution < 1.29 is 14.0 Å². The third-order valence-electron chi connectivity index (χ3n) is 6.01. The van der Waals surface area contributed by atoms with Crippen molar-refractivity contribution in [2.45, 2.75) is 64.2 Å². The average molecular weight is 438 g/mol. The highest BCUT2D eigenvalue weighted by Gasteiger charge is 2.43. The number of hydrogen-bond acceptors (Lipinski definition) is 4. The zero-order valence-corrected chi connectivity index (χ0v) is 18.6. The smallest absolute Gasteiger partial charge is 0.247 e. The monoisotopic (exact) mass is 437 g/mol. The van der Waals surface area contributed by atoms with Crippen LogP contribution in [0.15, 0.2) is 48.5 Å². The first-order chi connectivity index (χ1) is 15.3. The third kappa shape index (κ3) is 4.49. The molecular formula is C24H28FN5O2. The van der Waals surface area contributed by atoms with Gasteiger partial charge >= 0.3 is 0 Å². The standard InChI is InChI=1S/C24H28FN5O2/c1-4-24(2,3)26-23(32)22(17-9-5-6-10-18(17)25)30(16-13-14-16)21(31)15-29-20-12-8-7-11-19(20)27-28-29/h5-12,16,22H,4,13-15H2,1-3H3,(H,26,32)/t22-/m0/s1. The van der Waals surface area contributed by atoms with Crippen LogP contribution in [0.2, 0.25) is 0 Å². The van der Waals surface area contributed by atoms with Crippen LogP contribution in [0, 0.1) is 5.82 Å². The van der Waals surface area contributed by atoms with Crippen molar-refractivity contribution in [1.29, 1.82) is 0 Å². The van der Waals surface area contributed by atoms with E-state index in [0.29, 0.717) is 11.9 Å². The van der Waals surface area contributed by atoms with Gasteiger partial charge in [-0.25, -0.2) is 9.07 Å². The molecule has 1 N–H and O–H groups in total. The molecule has 0 unspecified atom stereocenters. The highest BCUT2D eigenvalue weighted by atomic mass is 19.1. The minimum Gasteiger partial charge on any atom is -0.349 e. The topological polar surface area (TPSA) is 80.1 Å². The van der Waals surface area contributed by atoms with E-state index in [9.17, 15) is 14.0 Å². The van der Waals surface area contributed by atoms with Crippen LogP contribution in [0.5, 0.6) is 0 Å². The van der Waals surface area contributed by atoms with Crippen LogP contribution < -0.4 is 5.32 Å². The molecule has 1 heterocycles. The number of halogens is 1. The lowest BCUT2D eigenvalue weighted by Crippen LogP contribution is -2.51. The summed E-state index contributed by atoms with van der Waals surface area (Å²) in [6.07, 6.45) is 2.25. The number of carbonyl (C=O) groups excluding carboxylic acids is 2. The SMILES string of the molecule is CCC(C)(C)NC(=O)[C@H](c1ccccc1F)N(C(=O)Cn1nnc2ccccc21)C1CC1. The van der Waals surface area contributed by atoms with Crippen LogP contribution in [0.25, 0.3) is 11.0 Å². The van der Waals surface area contributed by atoms with Gasteiger partial charge < -0.3 is 10.2 Å². The van der Waals surface area contributed by atoms with Crippen LogP contribution in [-0.2, 0) is 16.1 Å². The second-order valence-electron chi connectivity index (χ2n) is 8.92. The maximum atomic E-state index is 14.9. The summed E-state index contributed by atoms with van der Waals surface area (Å²) in [7, 11) is 0. The molecule has 3 aromatic rings. The fourth-order valence-electron chi connectivity index (χ4n) is 3.76. The summed E-state index contributed by atoms with van der Waals surface area (Å²) in [5.74, 6) is -1.18. The highest BCUT2D eigenvalue weighted by molar-refractivity contribution is 5.90. The Morgan fingerprint density at radius 2 is 1.88 bits per heavy atom. The Labute approximate surface area is 186 Å².